The molecule has 0 aromatic carbocycles. The zero-order valence-corrected chi connectivity index (χ0v) is 67.4. The number of unbranched alkanes of at least 4 members (excludes halogenated alkanes) is 42. The van der Waals surface area contributed by atoms with Crippen molar-refractivity contribution in [2.45, 2.75) is 434 Å². The molecule has 2 aliphatic heterocycles. The molecular weight excluding hydrogens is 1330 g/mol. The summed E-state index contributed by atoms with van der Waals surface area (Å²) in [7, 11) is 0. The van der Waals surface area contributed by atoms with Crippen LogP contribution in [0.3, 0.4) is 0 Å². The molecule has 12 atom stereocenters. The Morgan fingerprint density at radius 2 is 0.660 bits per heavy atom. The van der Waals surface area contributed by atoms with E-state index in [4.69, 9.17) is 18.9 Å². The molecule has 1 amide bonds. The number of aliphatic hydroxyl groups is 8. The number of carbonyl (C=O) groups excluding carboxylic acids is 1. The van der Waals surface area contributed by atoms with Crippen LogP contribution in [0, 0.1) is 0 Å². The molecule has 2 rings (SSSR count). The molecule has 106 heavy (non-hydrogen) atoms. The quantitative estimate of drug-likeness (QED) is 0.0204. The summed E-state index contributed by atoms with van der Waals surface area (Å²) in [4.78, 5) is 13.4. The van der Waals surface area contributed by atoms with E-state index in [2.05, 4.69) is 129 Å². The number of ether oxygens (including phenoxy) is 4. The second-order valence-electron chi connectivity index (χ2n) is 30.3. The number of amides is 1. The highest BCUT2D eigenvalue weighted by Crippen LogP contribution is 2.30. The average Bonchev–Trinajstić information content (AvgIpc) is 0.790. The monoisotopic (exact) mass is 1490 g/mol. The molecule has 0 radical (unpaired) electrons. The Kier molecular flexibility index (Phi) is 68.9. The maximum atomic E-state index is 13.4. The van der Waals surface area contributed by atoms with Crippen molar-refractivity contribution in [2.75, 3.05) is 19.8 Å². The minimum atomic E-state index is -1.80. The van der Waals surface area contributed by atoms with Gasteiger partial charge in [0, 0.05) is 6.42 Å². The van der Waals surface area contributed by atoms with Crippen LogP contribution in [0.15, 0.2) is 122 Å². The Hall–Kier alpha value is -3.61. The summed E-state index contributed by atoms with van der Waals surface area (Å²) in [6.07, 6.45) is 93.0. The van der Waals surface area contributed by atoms with Gasteiger partial charge in [0.1, 0.15) is 48.8 Å². The Morgan fingerprint density at radius 1 is 0.349 bits per heavy atom. The first kappa shape index (κ1) is 98.5. The lowest BCUT2D eigenvalue weighted by molar-refractivity contribution is -0.359. The number of aliphatic hydroxyl groups excluding tert-OH is 8. The molecule has 0 saturated carbocycles. The summed E-state index contributed by atoms with van der Waals surface area (Å²) in [5, 5.41) is 87.8. The highest BCUT2D eigenvalue weighted by molar-refractivity contribution is 5.76. The molecule has 9 N–H and O–H groups in total. The van der Waals surface area contributed by atoms with Crippen molar-refractivity contribution in [3.05, 3.63) is 122 Å². The first-order chi connectivity index (χ1) is 52.1. The largest absolute Gasteiger partial charge is 0.394 e. The average molecular weight is 1490 g/mol. The lowest BCUT2D eigenvalue weighted by atomic mass is 9.97. The number of hydrogen-bond donors (Lipinski definition) is 9. The molecule has 0 aromatic heterocycles. The minimum absolute atomic E-state index is 0.251. The first-order valence-corrected chi connectivity index (χ1v) is 43.8. The Labute approximate surface area is 648 Å². The molecule has 0 spiro atoms. The van der Waals surface area contributed by atoms with Crippen LogP contribution in [0.25, 0.3) is 0 Å². The lowest BCUT2D eigenvalue weighted by Gasteiger charge is -2.46. The van der Waals surface area contributed by atoms with Gasteiger partial charge in [0.15, 0.2) is 12.6 Å². The number of hydrogen-bond acceptors (Lipinski definition) is 13. The molecular formula is C92H161NO13. The molecule has 12 unspecified atom stereocenters. The van der Waals surface area contributed by atoms with Crippen LogP contribution in [0.2, 0.25) is 0 Å². The van der Waals surface area contributed by atoms with Gasteiger partial charge in [-0.25, -0.2) is 0 Å². The second-order valence-corrected chi connectivity index (χ2v) is 30.3. The Morgan fingerprint density at radius 3 is 1.04 bits per heavy atom. The van der Waals surface area contributed by atoms with Crippen molar-refractivity contribution in [1.82, 2.24) is 5.32 Å². The van der Waals surface area contributed by atoms with Crippen LogP contribution in [-0.4, -0.2) is 140 Å². The standard InChI is InChI=1S/C92H161NO13/c1-3-5-7-9-11-13-15-17-19-21-23-25-27-29-31-33-35-36-37-38-39-40-41-42-43-44-46-48-50-52-54-56-58-60-62-64-66-68-70-72-74-76-84(97)93-80(79-103-91-89(102)87(100)90(83(78-95)105-91)106-92-88(101)86(99)85(98)82(77-94)104-92)81(96)75-73-71-69-67-65-63-61-59-57-55-53-51-49-47-45-34-32-30-28-26-24-22-20-18-16-14-12-10-8-6-4-2/h5,7,11,13,17,19,23,25,29,31,35-36,38-39,57,59,65,67,73,75,80-83,85-92,94-96,98-102H,3-4,6,8-10,12,14-16,18,20-22,24,26-28,30,32-34,37,40-56,58,60-64,66,68-72,74,76-79H2,1-2H3,(H,93,97)/b7-5-,13-11-,19-17-,25-23-,31-29-,36-35-,39-38-,59-57+,67-65+,75-73+. The second kappa shape index (κ2) is 74.2. The van der Waals surface area contributed by atoms with E-state index in [1.807, 2.05) is 6.08 Å². The van der Waals surface area contributed by atoms with Crippen LogP contribution in [0.1, 0.15) is 361 Å². The summed E-state index contributed by atoms with van der Waals surface area (Å²) in [5.41, 5.74) is 0. The van der Waals surface area contributed by atoms with E-state index in [0.717, 1.165) is 89.9 Å². The Balaban J connectivity index is 1.59. The van der Waals surface area contributed by atoms with Crippen molar-refractivity contribution in [1.29, 1.82) is 0 Å². The van der Waals surface area contributed by atoms with E-state index in [-0.39, 0.29) is 18.9 Å². The summed E-state index contributed by atoms with van der Waals surface area (Å²) in [6, 6.07) is -0.946. The van der Waals surface area contributed by atoms with Gasteiger partial charge in [-0.15, -0.1) is 0 Å². The molecule has 2 heterocycles. The molecule has 0 aromatic rings. The topological polar surface area (TPSA) is 228 Å². The predicted octanol–water partition coefficient (Wildman–Crippen LogP) is 21.1. The minimum Gasteiger partial charge on any atom is -0.394 e. The number of allylic oxidation sites excluding steroid dienone is 19. The van der Waals surface area contributed by atoms with Crippen LogP contribution in [0.4, 0.5) is 0 Å². The van der Waals surface area contributed by atoms with Gasteiger partial charge < -0.3 is 65.1 Å². The molecule has 0 bridgehead atoms. The summed E-state index contributed by atoms with van der Waals surface area (Å²) < 4.78 is 22.9. The molecule has 14 heteroatoms. The predicted molar refractivity (Wildman–Crippen MR) is 442 cm³/mol. The van der Waals surface area contributed by atoms with Crippen molar-refractivity contribution in [3.8, 4) is 0 Å². The molecule has 14 nitrogen and oxygen atoms in total. The summed E-state index contributed by atoms with van der Waals surface area (Å²) in [6.45, 7) is 2.70. The van der Waals surface area contributed by atoms with Crippen LogP contribution < -0.4 is 5.32 Å². The summed E-state index contributed by atoms with van der Waals surface area (Å²) >= 11 is 0. The van der Waals surface area contributed by atoms with E-state index < -0.39 is 86.8 Å². The SMILES string of the molecule is CC/C=C\C/C=C\C/C=C\C/C=C\C/C=C\C/C=C\C/C=C\CCCCCCCCCCCCCCCCCCCCCC(=O)NC(COC1OC(CO)C(OC2OC(CO)C(O)C(O)C2O)C(O)C1O)C(O)/C=C/CC/C=C/CC/C=C/CCCCCCCCCCCCCCCCCCCCCCC. The zero-order valence-electron chi connectivity index (χ0n) is 67.4. The van der Waals surface area contributed by atoms with E-state index in [1.54, 1.807) is 6.08 Å². The molecule has 2 aliphatic rings. The Bertz CT molecular complexity index is 2260. The van der Waals surface area contributed by atoms with Crippen molar-refractivity contribution in [3.63, 3.8) is 0 Å². The number of rotatable bonds is 73. The third-order valence-electron chi connectivity index (χ3n) is 20.6. The van der Waals surface area contributed by atoms with E-state index in [1.165, 1.54) is 238 Å². The highest BCUT2D eigenvalue weighted by Gasteiger charge is 2.51. The van der Waals surface area contributed by atoms with E-state index in [0.29, 0.717) is 12.8 Å². The van der Waals surface area contributed by atoms with Crippen LogP contribution in [0.5, 0.6) is 0 Å². The lowest BCUT2D eigenvalue weighted by Crippen LogP contribution is -2.65. The number of carbonyl (C=O) groups is 1. The van der Waals surface area contributed by atoms with Crippen LogP contribution >= 0.6 is 0 Å². The summed E-state index contributed by atoms with van der Waals surface area (Å²) in [5.74, 6) is -0.251. The fourth-order valence-corrected chi connectivity index (χ4v) is 13.8. The van der Waals surface area contributed by atoms with Gasteiger partial charge >= 0.3 is 0 Å². The molecule has 0 aliphatic carbocycles. The fourth-order valence-electron chi connectivity index (χ4n) is 13.8. The fraction of sp³-hybridized carbons (Fsp3) is 0.772. The van der Waals surface area contributed by atoms with Crippen molar-refractivity contribution < 1.29 is 64.6 Å². The van der Waals surface area contributed by atoms with Crippen molar-refractivity contribution >= 4 is 5.91 Å². The van der Waals surface area contributed by atoms with Gasteiger partial charge in [0.05, 0.1) is 32.0 Å². The van der Waals surface area contributed by atoms with E-state index >= 15 is 0 Å². The van der Waals surface area contributed by atoms with Crippen LogP contribution in [-0.2, 0) is 23.7 Å². The van der Waals surface area contributed by atoms with Gasteiger partial charge in [-0.3, -0.25) is 4.79 Å². The maximum Gasteiger partial charge on any atom is 0.220 e. The maximum absolute atomic E-state index is 13.4. The van der Waals surface area contributed by atoms with E-state index in [9.17, 15) is 45.6 Å². The van der Waals surface area contributed by atoms with Crippen molar-refractivity contribution in [2.24, 2.45) is 0 Å². The van der Waals surface area contributed by atoms with Gasteiger partial charge in [-0.05, 0) is 103 Å². The molecule has 2 saturated heterocycles. The highest BCUT2D eigenvalue weighted by atomic mass is 16.7. The van der Waals surface area contributed by atoms with Gasteiger partial charge in [0.2, 0.25) is 5.91 Å². The van der Waals surface area contributed by atoms with Gasteiger partial charge in [-0.2, -0.15) is 0 Å². The van der Waals surface area contributed by atoms with Gasteiger partial charge in [0.25, 0.3) is 0 Å². The normalized spacial score (nSPS) is 21.9. The third-order valence-corrected chi connectivity index (χ3v) is 20.6. The zero-order chi connectivity index (χ0) is 76.5. The van der Waals surface area contributed by atoms with Gasteiger partial charge in [-0.1, -0.05) is 373 Å². The number of nitrogens with one attached hydrogen (secondary N) is 1. The molecule has 2 fully saturated rings. The smallest absolute Gasteiger partial charge is 0.220 e. The first-order valence-electron chi connectivity index (χ1n) is 43.8. The molecule has 612 valence electrons. The third kappa shape index (κ3) is 55.7.